The van der Waals surface area contributed by atoms with Crippen molar-refractivity contribution in [2.24, 2.45) is 0 Å². The number of thiazole rings is 1. The molecule has 94 valence electrons. The number of anilines is 1. The van der Waals surface area contributed by atoms with Crippen LogP contribution in [0.4, 0.5) is 5.69 Å². The standard InChI is InChI=1S/C12H11BrN2O2S/c1-7-15-11(6-18-7)5-17-12(16)8-2-9(13)4-10(14)3-8/h2-4,6H,5,14H2,1H3. The van der Waals surface area contributed by atoms with Gasteiger partial charge in [-0.05, 0) is 25.1 Å². The second-order valence-corrected chi connectivity index (χ2v) is 5.69. The Bertz CT molecular complexity index is 563. The van der Waals surface area contributed by atoms with Crippen molar-refractivity contribution in [2.45, 2.75) is 13.5 Å². The fourth-order valence-corrected chi connectivity index (χ4v) is 2.54. The third-order valence-electron chi connectivity index (χ3n) is 2.17. The highest BCUT2D eigenvalue weighted by atomic mass is 79.9. The van der Waals surface area contributed by atoms with Gasteiger partial charge < -0.3 is 10.5 Å². The first-order valence-electron chi connectivity index (χ1n) is 5.19. The molecule has 2 rings (SSSR count). The molecule has 1 aromatic carbocycles. The van der Waals surface area contributed by atoms with E-state index in [1.54, 1.807) is 18.2 Å². The molecule has 2 aromatic rings. The lowest BCUT2D eigenvalue weighted by Gasteiger charge is -2.04. The third-order valence-corrected chi connectivity index (χ3v) is 3.45. The molecule has 0 aliphatic rings. The number of carbonyl (C=O) groups excluding carboxylic acids is 1. The minimum atomic E-state index is -0.409. The SMILES string of the molecule is Cc1nc(COC(=O)c2cc(N)cc(Br)c2)cs1. The van der Waals surface area contributed by atoms with Gasteiger partial charge in [-0.3, -0.25) is 0 Å². The maximum absolute atomic E-state index is 11.8. The number of aryl methyl sites for hydroxylation is 1. The van der Waals surface area contributed by atoms with Crippen LogP contribution < -0.4 is 5.73 Å². The number of ether oxygens (including phenoxy) is 1. The van der Waals surface area contributed by atoms with Gasteiger partial charge in [0.2, 0.25) is 0 Å². The molecule has 0 aliphatic heterocycles. The van der Waals surface area contributed by atoms with Gasteiger partial charge in [-0.2, -0.15) is 0 Å². The van der Waals surface area contributed by atoms with E-state index in [1.807, 2.05) is 12.3 Å². The molecule has 4 nitrogen and oxygen atoms in total. The number of nitrogens with two attached hydrogens (primary N) is 1. The molecule has 0 radical (unpaired) electrons. The van der Waals surface area contributed by atoms with Gasteiger partial charge in [-0.25, -0.2) is 9.78 Å². The molecule has 0 unspecified atom stereocenters. The lowest BCUT2D eigenvalue weighted by Crippen LogP contribution is -2.06. The summed E-state index contributed by atoms with van der Waals surface area (Å²) in [6.07, 6.45) is 0. The summed E-state index contributed by atoms with van der Waals surface area (Å²) < 4.78 is 5.92. The highest BCUT2D eigenvalue weighted by Gasteiger charge is 2.10. The first-order valence-corrected chi connectivity index (χ1v) is 6.86. The van der Waals surface area contributed by atoms with Crippen LogP contribution in [0.2, 0.25) is 0 Å². The van der Waals surface area contributed by atoms with E-state index in [9.17, 15) is 4.79 Å². The largest absolute Gasteiger partial charge is 0.456 e. The van der Waals surface area contributed by atoms with Gasteiger partial charge in [0.25, 0.3) is 0 Å². The summed E-state index contributed by atoms with van der Waals surface area (Å²) in [5.41, 5.74) is 7.36. The average molecular weight is 327 g/mol. The highest BCUT2D eigenvalue weighted by molar-refractivity contribution is 9.10. The Morgan fingerprint density at radius 1 is 1.50 bits per heavy atom. The maximum Gasteiger partial charge on any atom is 0.338 e. The molecule has 18 heavy (non-hydrogen) atoms. The normalized spacial score (nSPS) is 10.3. The minimum absolute atomic E-state index is 0.176. The molecule has 0 fully saturated rings. The number of carbonyl (C=O) groups is 1. The molecule has 0 bridgehead atoms. The van der Waals surface area contributed by atoms with Gasteiger partial charge in [0, 0.05) is 15.5 Å². The lowest BCUT2D eigenvalue weighted by atomic mass is 10.2. The molecule has 2 N–H and O–H groups in total. The van der Waals surface area contributed by atoms with Crippen molar-refractivity contribution in [1.82, 2.24) is 4.98 Å². The second-order valence-electron chi connectivity index (χ2n) is 3.71. The quantitative estimate of drug-likeness (QED) is 0.695. The van der Waals surface area contributed by atoms with E-state index in [4.69, 9.17) is 10.5 Å². The van der Waals surface area contributed by atoms with Crippen LogP contribution in [-0.2, 0) is 11.3 Å². The molecule has 0 amide bonds. The van der Waals surface area contributed by atoms with Gasteiger partial charge in [-0.1, -0.05) is 15.9 Å². The van der Waals surface area contributed by atoms with Gasteiger partial charge in [0.1, 0.15) is 6.61 Å². The van der Waals surface area contributed by atoms with Crippen molar-refractivity contribution >= 4 is 38.9 Å². The molecule has 1 heterocycles. The number of nitrogen functional groups attached to an aromatic ring is 1. The van der Waals surface area contributed by atoms with Crippen molar-refractivity contribution in [3.63, 3.8) is 0 Å². The summed E-state index contributed by atoms with van der Waals surface area (Å²) in [6.45, 7) is 2.08. The third kappa shape index (κ3) is 3.30. The van der Waals surface area contributed by atoms with Crippen LogP contribution in [0, 0.1) is 6.92 Å². The Labute approximate surface area is 117 Å². The zero-order chi connectivity index (χ0) is 13.1. The van der Waals surface area contributed by atoms with Gasteiger partial charge in [0.15, 0.2) is 0 Å². The Morgan fingerprint density at radius 3 is 2.89 bits per heavy atom. The van der Waals surface area contributed by atoms with Gasteiger partial charge in [-0.15, -0.1) is 11.3 Å². The Balaban J connectivity index is 2.03. The number of benzene rings is 1. The van der Waals surface area contributed by atoms with Crippen LogP contribution in [0.15, 0.2) is 28.1 Å². The van der Waals surface area contributed by atoms with Gasteiger partial charge in [0.05, 0.1) is 16.3 Å². The zero-order valence-corrected chi connectivity index (χ0v) is 12.0. The number of nitrogens with zero attached hydrogens (tertiary/aromatic N) is 1. The molecular formula is C12H11BrN2O2S. The lowest BCUT2D eigenvalue weighted by molar-refractivity contribution is 0.0468. The van der Waals surface area contributed by atoms with Crippen molar-refractivity contribution in [3.05, 3.63) is 44.3 Å². The Morgan fingerprint density at radius 2 is 2.28 bits per heavy atom. The van der Waals surface area contributed by atoms with Crippen molar-refractivity contribution in [1.29, 1.82) is 0 Å². The molecule has 1 aromatic heterocycles. The summed E-state index contributed by atoms with van der Waals surface area (Å²) >= 11 is 4.81. The smallest absolute Gasteiger partial charge is 0.338 e. The van der Waals surface area contributed by atoms with E-state index >= 15 is 0 Å². The summed E-state index contributed by atoms with van der Waals surface area (Å²) in [7, 11) is 0. The predicted octanol–water partition coefficient (Wildman–Crippen LogP) is 3.15. The molecular weight excluding hydrogens is 316 g/mol. The molecule has 0 aliphatic carbocycles. The number of aromatic nitrogens is 1. The molecule has 0 saturated heterocycles. The fourth-order valence-electron chi connectivity index (χ4n) is 1.43. The summed E-state index contributed by atoms with van der Waals surface area (Å²) in [6, 6.07) is 4.98. The highest BCUT2D eigenvalue weighted by Crippen LogP contribution is 2.18. The van der Waals surface area contributed by atoms with Gasteiger partial charge >= 0.3 is 5.97 Å². The van der Waals surface area contributed by atoms with E-state index in [0.717, 1.165) is 15.2 Å². The van der Waals surface area contributed by atoms with E-state index in [-0.39, 0.29) is 6.61 Å². The van der Waals surface area contributed by atoms with Crippen molar-refractivity contribution < 1.29 is 9.53 Å². The molecule has 0 saturated carbocycles. The number of halogens is 1. The van der Waals surface area contributed by atoms with Crippen LogP contribution in [0.5, 0.6) is 0 Å². The van der Waals surface area contributed by atoms with E-state index in [1.165, 1.54) is 11.3 Å². The van der Waals surface area contributed by atoms with Crippen LogP contribution in [0.1, 0.15) is 21.1 Å². The summed E-state index contributed by atoms with van der Waals surface area (Å²) in [5, 5.41) is 2.82. The number of esters is 1. The number of rotatable bonds is 3. The molecule has 6 heteroatoms. The number of hydrogen-bond donors (Lipinski definition) is 1. The Hall–Kier alpha value is -1.40. The van der Waals surface area contributed by atoms with Crippen molar-refractivity contribution in [3.8, 4) is 0 Å². The molecule has 0 atom stereocenters. The average Bonchev–Trinajstić information content (AvgIpc) is 2.70. The minimum Gasteiger partial charge on any atom is -0.456 e. The first kappa shape index (κ1) is 13.0. The van der Waals surface area contributed by atoms with E-state index in [0.29, 0.717) is 11.3 Å². The monoisotopic (exact) mass is 326 g/mol. The second kappa shape index (κ2) is 5.49. The zero-order valence-electron chi connectivity index (χ0n) is 9.64. The predicted molar refractivity (Wildman–Crippen MR) is 74.5 cm³/mol. The van der Waals surface area contributed by atoms with Crippen LogP contribution in [-0.4, -0.2) is 11.0 Å². The van der Waals surface area contributed by atoms with Crippen molar-refractivity contribution in [2.75, 3.05) is 5.73 Å². The van der Waals surface area contributed by atoms with Crippen LogP contribution in [0.25, 0.3) is 0 Å². The summed E-state index contributed by atoms with van der Waals surface area (Å²) in [4.78, 5) is 16.0. The molecule has 0 spiro atoms. The van der Waals surface area contributed by atoms with E-state index in [2.05, 4.69) is 20.9 Å². The van der Waals surface area contributed by atoms with Crippen LogP contribution >= 0.6 is 27.3 Å². The van der Waals surface area contributed by atoms with Crippen LogP contribution in [0.3, 0.4) is 0 Å². The summed E-state index contributed by atoms with van der Waals surface area (Å²) in [5.74, 6) is -0.409. The fraction of sp³-hybridized carbons (Fsp3) is 0.167. The van der Waals surface area contributed by atoms with E-state index < -0.39 is 5.97 Å². The topological polar surface area (TPSA) is 65.2 Å². The maximum atomic E-state index is 11.8. The Kier molecular flexibility index (Phi) is 3.98. The number of hydrogen-bond acceptors (Lipinski definition) is 5. The first-order chi connectivity index (χ1) is 8.54.